The highest BCUT2D eigenvalue weighted by atomic mass is 79.9. The maximum Gasteiger partial charge on any atom is 0.120 e. The fraction of sp³-hybridized carbons (Fsp3) is 0.600. The van der Waals surface area contributed by atoms with Crippen LogP contribution in [0.2, 0.25) is 5.02 Å². The summed E-state index contributed by atoms with van der Waals surface area (Å²) in [7, 11) is 1.66. The monoisotopic (exact) mass is 332 g/mol. The highest BCUT2D eigenvalue weighted by molar-refractivity contribution is 9.09. The molecule has 0 saturated carbocycles. The zero-order valence-electron chi connectivity index (χ0n) is 11.4. The van der Waals surface area contributed by atoms with Crippen LogP contribution >= 0.6 is 27.5 Å². The SMILES string of the molecule is CCCCC(CC)C(Br)c1ccc(OC)cc1Cl. The highest BCUT2D eigenvalue weighted by Crippen LogP contribution is 2.40. The summed E-state index contributed by atoms with van der Waals surface area (Å²) in [5, 5.41) is 0.783. The molecule has 0 aliphatic carbocycles. The first-order chi connectivity index (χ1) is 8.63. The fourth-order valence-electron chi connectivity index (χ4n) is 2.14. The van der Waals surface area contributed by atoms with E-state index >= 15 is 0 Å². The lowest BCUT2D eigenvalue weighted by molar-refractivity contribution is 0.414. The predicted octanol–water partition coefficient (Wildman–Crippen LogP) is 6.00. The van der Waals surface area contributed by atoms with E-state index < -0.39 is 0 Å². The van der Waals surface area contributed by atoms with Gasteiger partial charge in [-0.3, -0.25) is 0 Å². The van der Waals surface area contributed by atoms with Crippen LogP contribution in [-0.4, -0.2) is 7.11 Å². The van der Waals surface area contributed by atoms with Gasteiger partial charge in [0.1, 0.15) is 5.75 Å². The van der Waals surface area contributed by atoms with E-state index in [0.717, 1.165) is 17.2 Å². The van der Waals surface area contributed by atoms with Crippen LogP contribution in [0.15, 0.2) is 18.2 Å². The van der Waals surface area contributed by atoms with Gasteiger partial charge in [0, 0.05) is 9.85 Å². The maximum atomic E-state index is 6.33. The molecule has 0 radical (unpaired) electrons. The average Bonchev–Trinajstić information content (AvgIpc) is 2.39. The van der Waals surface area contributed by atoms with Gasteiger partial charge in [0.25, 0.3) is 0 Å². The number of hydrogen-bond donors (Lipinski definition) is 0. The zero-order valence-corrected chi connectivity index (χ0v) is 13.7. The Bertz CT molecular complexity index is 368. The number of hydrogen-bond acceptors (Lipinski definition) is 1. The number of halogens is 2. The number of rotatable bonds is 7. The summed E-state index contributed by atoms with van der Waals surface area (Å²) in [6.45, 7) is 4.47. The van der Waals surface area contributed by atoms with Crippen LogP contribution in [0.1, 0.15) is 49.9 Å². The molecule has 0 bridgehead atoms. The van der Waals surface area contributed by atoms with Crippen molar-refractivity contribution in [3.8, 4) is 5.75 Å². The quantitative estimate of drug-likeness (QED) is 0.556. The number of alkyl halides is 1. The Morgan fingerprint density at radius 1 is 1.33 bits per heavy atom. The Kier molecular flexibility index (Phi) is 7.10. The largest absolute Gasteiger partial charge is 0.497 e. The summed E-state index contributed by atoms with van der Waals surface area (Å²) >= 11 is 10.1. The lowest BCUT2D eigenvalue weighted by atomic mass is 9.92. The second kappa shape index (κ2) is 8.06. The Hall–Kier alpha value is -0.210. The smallest absolute Gasteiger partial charge is 0.120 e. The van der Waals surface area contributed by atoms with Gasteiger partial charge in [-0.1, -0.05) is 66.7 Å². The molecule has 2 atom stereocenters. The summed E-state index contributed by atoms with van der Waals surface area (Å²) in [6.07, 6.45) is 4.92. The summed E-state index contributed by atoms with van der Waals surface area (Å²) in [5.41, 5.74) is 1.17. The standard InChI is InChI=1S/C15H22BrClO/c1-4-6-7-11(5-2)15(16)13-9-8-12(18-3)10-14(13)17/h8-11,15H,4-7H2,1-3H3. The molecule has 1 aromatic rings. The second-order valence-corrected chi connectivity index (χ2v) is 5.99. The molecule has 0 aromatic heterocycles. The fourth-order valence-corrected chi connectivity index (χ4v) is 3.59. The van der Waals surface area contributed by atoms with Crippen molar-refractivity contribution >= 4 is 27.5 Å². The van der Waals surface area contributed by atoms with E-state index in [-0.39, 0.29) is 0 Å². The molecule has 1 aromatic carbocycles. The van der Waals surface area contributed by atoms with E-state index in [9.17, 15) is 0 Å². The van der Waals surface area contributed by atoms with Gasteiger partial charge < -0.3 is 4.74 Å². The van der Waals surface area contributed by atoms with Crippen molar-refractivity contribution in [3.63, 3.8) is 0 Å². The summed E-state index contributed by atoms with van der Waals surface area (Å²) in [5.74, 6) is 1.45. The van der Waals surface area contributed by atoms with Gasteiger partial charge in [-0.05, 0) is 30.0 Å². The molecule has 0 saturated heterocycles. The molecule has 0 amide bonds. The van der Waals surface area contributed by atoms with Crippen molar-refractivity contribution in [2.24, 2.45) is 5.92 Å². The van der Waals surface area contributed by atoms with Gasteiger partial charge in [-0.15, -0.1) is 0 Å². The van der Waals surface area contributed by atoms with E-state index in [1.807, 2.05) is 12.1 Å². The molecule has 0 fully saturated rings. The first-order valence-electron chi connectivity index (χ1n) is 6.61. The summed E-state index contributed by atoms with van der Waals surface area (Å²) in [4.78, 5) is 0.326. The number of methoxy groups -OCH3 is 1. The van der Waals surface area contributed by atoms with Crippen molar-refractivity contribution in [3.05, 3.63) is 28.8 Å². The molecular weight excluding hydrogens is 312 g/mol. The normalized spacial score (nSPS) is 14.3. The average molecular weight is 334 g/mol. The van der Waals surface area contributed by atoms with Crippen molar-refractivity contribution < 1.29 is 4.74 Å². The van der Waals surface area contributed by atoms with Crippen molar-refractivity contribution in [2.45, 2.75) is 44.4 Å². The molecule has 3 heteroatoms. The Morgan fingerprint density at radius 3 is 2.56 bits per heavy atom. The minimum Gasteiger partial charge on any atom is -0.497 e. The molecule has 18 heavy (non-hydrogen) atoms. The molecule has 0 spiro atoms. The third kappa shape index (κ3) is 4.17. The van der Waals surface area contributed by atoms with E-state index in [0.29, 0.717) is 10.7 Å². The molecule has 0 aliphatic heterocycles. The Labute approximate surface area is 124 Å². The Balaban J connectivity index is 2.83. The van der Waals surface area contributed by atoms with Crippen LogP contribution in [0.4, 0.5) is 0 Å². The van der Waals surface area contributed by atoms with Crippen LogP contribution in [-0.2, 0) is 0 Å². The van der Waals surface area contributed by atoms with E-state index in [1.54, 1.807) is 7.11 Å². The van der Waals surface area contributed by atoms with Gasteiger partial charge in [0.15, 0.2) is 0 Å². The molecule has 0 heterocycles. The van der Waals surface area contributed by atoms with Crippen molar-refractivity contribution in [2.75, 3.05) is 7.11 Å². The first kappa shape index (κ1) is 15.8. The van der Waals surface area contributed by atoms with Crippen molar-refractivity contribution in [1.29, 1.82) is 0 Å². The predicted molar refractivity (Wildman–Crippen MR) is 83.0 cm³/mol. The zero-order chi connectivity index (χ0) is 13.5. The van der Waals surface area contributed by atoms with Gasteiger partial charge in [-0.2, -0.15) is 0 Å². The minimum atomic E-state index is 0.326. The second-order valence-electron chi connectivity index (χ2n) is 4.60. The maximum absolute atomic E-state index is 6.33. The minimum absolute atomic E-state index is 0.326. The Morgan fingerprint density at radius 2 is 2.06 bits per heavy atom. The van der Waals surface area contributed by atoms with Crippen LogP contribution in [0.5, 0.6) is 5.75 Å². The molecule has 1 rings (SSSR count). The van der Waals surface area contributed by atoms with Gasteiger partial charge in [-0.25, -0.2) is 0 Å². The molecule has 2 unspecified atom stereocenters. The molecule has 102 valence electrons. The summed E-state index contributed by atoms with van der Waals surface area (Å²) < 4.78 is 5.18. The molecule has 1 nitrogen and oxygen atoms in total. The van der Waals surface area contributed by atoms with Crippen LogP contribution in [0.25, 0.3) is 0 Å². The molecule has 0 aliphatic rings. The number of unbranched alkanes of at least 4 members (excludes halogenated alkanes) is 1. The third-order valence-electron chi connectivity index (χ3n) is 3.37. The van der Waals surface area contributed by atoms with E-state index in [4.69, 9.17) is 16.3 Å². The van der Waals surface area contributed by atoms with E-state index in [1.165, 1.54) is 24.8 Å². The van der Waals surface area contributed by atoms with E-state index in [2.05, 4.69) is 35.8 Å². The van der Waals surface area contributed by atoms with Crippen LogP contribution < -0.4 is 4.74 Å². The lowest BCUT2D eigenvalue weighted by Gasteiger charge is -2.22. The molecular formula is C15H22BrClO. The van der Waals surface area contributed by atoms with Gasteiger partial charge in [0.05, 0.1) is 7.11 Å². The van der Waals surface area contributed by atoms with Crippen LogP contribution in [0, 0.1) is 5.92 Å². The number of benzene rings is 1. The van der Waals surface area contributed by atoms with Gasteiger partial charge >= 0.3 is 0 Å². The van der Waals surface area contributed by atoms with Gasteiger partial charge in [0.2, 0.25) is 0 Å². The first-order valence-corrected chi connectivity index (χ1v) is 7.90. The highest BCUT2D eigenvalue weighted by Gasteiger charge is 2.21. The topological polar surface area (TPSA) is 9.23 Å². The van der Waals surface area contributed by atoms with Crippen LogP contribution in [0.3, 0.4) is 0 Å². The van der Waals surface area contributed by atoms with Crippen molar-refractivity contribution in [1.82, 2.24) is 0 Å². The summed E-state index contributed by atoms with van der Waals surface area (Å²) in [6, 6.07) is 5.93. The molecule has 0 N–H and O–H groups in total. The number of ether oxygens (including phenoxy) is 1. The third-order valence-corrected chi connectivity index (χ3v) is 4.94. The lowest BCUT2D eigenvalue weighted by Crippen LogP contribution is -2.07.